The third-order valence-corrected chi connectivity index (χ3v) is 5.13. The second-order valence-corrected chi connectivity index (χ2v) is 7.70. The topological polar surface area (TPSA) is 55.4 Å². The van der Waals surface area contributed by atoms with E-state index in [1.807, 2.05) is 38.1 Å². The number of fused-ring (bicyclic) bond motifs is 1. The molecule has 1 aliphatic rings. The van der Waals surface area contributed by atoms with Crippen molar-refractivity contribution >= 4 is 29.2 Å². The smallest absolute Gasteiger partial charge is 0.314 e. The number of rotatable bonds is 6. The Morgan fingerprint density at radius 2 is 1.78 bits per heavy atom. The van der Waals surface area contributed by atoms with Gasteiger partial charge in [0.05, 0.1) is 5.92 Å². The van der Waals surface area contributed by atoms with Crippen molar-refractivity contribution < 1.29 is 14.3 Å². The fraction of sp³-hybridized carbons (Fsp3) is 0.364. The highest BCUT2D eigenvalue weighted by Gasteiger charge is 2.26. The van der Waals surface area contributed by atoms with Crippen LogP contribution in [0.2, 0.25) is 5.02 Å². The van der Waals surface area contributed by atoms with E-state index in [2.05, 4.69) is 11.4 Å². The van der Waals surface area contributed by atoms with Crippen LogP contribution in [0, 0.1) is 5.92 Å². The van der Waals surface area contributed by atoms with Crippen molar-refractivity contribution in [1.29, 1.82) is 0 Å². The Morgan fingerprint density at radius 1 is 1.07 bits per heavy atom. The molecule has 5 heteroatoms. The summed E-state index contributed by atoms with van der Waals surface area (Å²) in [5, 5.41) is 3.42. The Labute approximate surface area is 164 Å². The summed E-state index contributed by atoms with van der Waals surface area (Å²) in [6.07, 6.45) is 3.30. The SMILES string of the molecule is CC(C)[C@H](C(=O)OCC(=O)Nc1ccc2c(c1)CCC2)c1ccc(Cl)cc1. The van der Waals surface area contributed by atoms with Gasteiger partial charge >= 0.3 is 5.97 Å². The van der Waals surface area contributed by atoms with Crippen LogP contribution in [0.3, 0.4) is 0 Å². The number of anilines is 1. The van der Waals surface area contributed by atoms with E-state index in [0.29, 0.717) is 5.02 Å². The summed E-state index contributed by atoms with van der Waals surface area (Å²) in [6.45, 7) is 3.60. The van der Waals surface area contributed by atoms with Gasteiger partial charge in [-0.15, -0.1) is 0 Å². The standard InChI is InChI=1S/C22H24ClNO3/c1-14(2)21(16-6-9-18(23)10-7-16)22(26)27-13-20(25)24-19-11-8-15-4-3-5-17(15)12-19/h6-12,14,21H,3-5,13H2,1-2H3,(H,24,25)/t21-/m0/s1. The first-order chi connectivity index (χ1) is 12.9. The van der Waals surface area contributed by atoms with Crippen molar-refractivity contribution in [3.05, 3.63) is 64.2 Å². The van der Waals surface area contributed by atoms with Crippen molar-refractivity contribution in [1.82, 2.24) is 0 Å². The molecule has 0 heterocycles. The molecule has 1 atom stereocenters. The highest BCUT2D eigenvalue weighted by atomic mass is 35.5. The summed E-state index contributed by atoms with van der Waals surface area (Å²) >= 11 is 5.92. The van der Waals surface area contributed by atoms with Crippen LogP contribution in [0.25, 0.3) is 0 Å². The Kier molecular flexibility index (Phi) is 6.17. The molecule has 1 amide bonds. The first-order valence-corrected chi connectivity index (χ1v) is 9.65. The van der Waals surface area contributed by atoms with E-state index in [-0.39, 0.29) is 18.4 Å². The summed E-state index contributed by atoms with van der Waals surface area (Å²) in [4.78, 5) is 24.7. The molecule has 0 unspecified atom stereocenters. The Bertz CT molecular complexity index is 830. The first kappa shape index (κ1) is 19.4. The van der Waals surface area contributed by atoms with Crippen molar-refractivity contribution in [3.63, 3.8) is 0 Å². The predicted octanol–water partition coefficient (Wildman–Crippen LogP) is 4.75. The average molecular weight is 386 g/mol. The lowest BCUT2D eigenvalue weighted by Gasteiger charge is -2.20. The van der Waals surface area contributed by atoms with Crippen LogP contribution >= 0.6 is 11.6 Å². The zero-order chi connectivity index (χ0) is 19.4. The summed E-state index contributed by atoms with van der Waals surface area (Å²) in [7, 11) is 0. The molecule has 3 rings (SSSR count). The quantitative estimate of drug-likeness (QED) is 0.730. The first-order valence-electron chi connectivity index (χ1n) is 9.28. The molecule has 0 fully saturated rings. The third kappa shape index (κ3) is 4.89. The van der Waals surface area contributed by atoms with Crippen LogP contribution in [0.5, 0.6) is 0 Å². The van der Waals surface area contributed by atoms with Crippen molar-refractivity contribution in [2.45, 2.75) is 39.0 Å². The summed E-state index contributed by atoms with van der Waals surface area (Å²) < 4.78 is 5.29. The molecule has 0 saturated heterocycles. The molecular formula is C22H24ClNO3. The molecule has 1 N–H and O–H groups in total. The van der Waals surface area contributed by atoms with E-state index in [4.69, 9.17) is 16.3 Å². The van der Waals surface area contributed by atoms with E-state index in [9.17, 15) is 9.59 Å². The van der Waals surface area contributed by atoms with Crippen LogP contribution in [0.1, 0.15) is 42.9 Å². The fourth-order valence-corrected chi connectivity index (χ4v) is 3.66. The molecule has 0 bridgehead atoms. The van der Waals surface area contributed by atoms with Crippen LogP contribution in [-0.4, -0.2) is 18.5 Å². The molecule has 0 radical (unpaired) electrons. The van der Waals surface area contributed by atoms with Crippen molar-refractivity contribution in [2.75, 3.05) is 11.9 Å². The molecule has 0 aliphatic heterocycles. The minimum Gasteiger partial charge on any atom is -0.455 e. The number of carbonyl (C=O) groups excluding carboxylic acids is 2. The zero-order valence-electron chi connectivity index (χ0n) is 15.6. The maximum Gasteiger partial charge on any atom is 0.314 e. The average Bonchev–Trinajstić information content (AvgIpc) is 3.09. The lowest BCUT2D eigenvalue weighted by atomic mass is 9.88. The molecule has 0 saturated carbocycles. The van der Waals surface area contributed by atoms with Crippen LogP contribution in [0.4, 0.5) is 5.69 Å². The summed E-state index contributed by atoms with van der Waals surface area (Å²) in [5.74, 6) is -1.13. The van der Waals surface area contributed by atoms with E-state index in [0.717, 1.165) is 30.5 Å². The monoisotopic (exact) mass is 385 g/mol. The van der Waals surface area contributed by atoms with Crippen LogP contribution in [0.15, 0.2) is 42.5 Å². The molecular weight excluding hydrogens is 362 g/mol. The van der Waals surface area contributed by atoms with Gasteiger partial charge in [0, 0.05) is 10.7 Å². The molecule has 142 valence electrons. The van der Waals surface area contributed by atoms with Crippen molar-refractivity contribution in [2.24, 2.45) is 5.92 Å². The van der Waals surface area contributed by atoms with Gasteiger partial charge in [-0.1, -0.05) is 43.6 Å². The molecule has 2 aromatic rings. The number of nitrogens with one attached hydrogen (secondary N) is 1. The van der Waals surface area contributed by atoms with Gasteiger partial charge in [-0.3, -0.25) is 9.59 Å². The number of carbonyl (C=O) groups is 2. The molecule has 27 heavy (non-hydrogen) atoms. The fourth-order valence-electron chi connectivity index (χ4n) is 3.54. The lowest BCUT2D eigenvalue weighted by Crippen LogP contribution is -2.26. The normalized spacial score (nSPS) is 13.9. The van der Waals surface area contributed by atoms with E-state index < -0.39 is 11.9 Å². The number of ether oxygens (including phenoxy) is 1. The highest BCUT2D eigenvalue weighted by Crippen LogP contribution is 2.27. The number of halogens is 1. The number of benzene rings is 2. The zero-order valence-corrected chi connectivity index (χ0v) is 16.4. The number of aryl methyl sites for hydroxylation is 2. The largest absolute Gasteiger partial charge is 0.455 e. The predicted molar refractivity (Wildman–Crippen MR) is 107 cm³/mol. The van der Waals surface area contributed by atoms with Crippen LogP contribution in [-0.2, 0) is 27.2 Å². The summed E-state index contributed by atoms with van der Waals surface area (Å²) in [5.41, 5.74) is 4.21. The van der Waals surface area contributed by atoms with Crippen LogP contribution < -0.4 is 5.32 Å². The lowest BCUT2D eigenvalue weighted by molar-refractivity contribution is -0.149. The van der Waals surface area contributed by atoms with Gasteiger partial charge in [0.2, 0.25) is 0 Å². The maximum atomic E-state index is 12.5. The highest BCUT2D eigenvalue weighted by molar-refractivity contribution is 6.30. The molecule has 1 aliphatic carbocycles. The third-order valence-electron chi connectivity index (χ3n) is 4.88. The van der Waals surface area contributed by atoms with E-state index in [1.54, 1.807) is 12.1 Å². The molecule has 0 spiro atoms. The number of amides is 1. The van der Waals surface area contributed by atoms with Gasteiger partial charge in [-0.25, -0.2) is 0 Å². The minimum absolute atomic E-state index is 0.0402. The van der Waals surface area contributed by atoms with Gasteiger partial charge < -0.3 is 10.1 Å². The number of hydrogen-bond acceptors (Lipinski definition) is 3. The maximum absolute atomic E-state index is 12.5. The van der Waals surface area contributed by atoms with Crippen molar-refractivity contribution in [3.8, 4) is 0 Å². The van der Waals surface area contributed by atoms with Gasteiger partial charge in [0.25, 0.3) is 5.91 Å². The van der Waals surface area contributed by atoms with Gasteiger partial charge in [0.15, 0.2) is 6.61 Å². The minimum atomic E-state index is -0.435. The Balaban J connectivity index is 1.58. The molecule has 0 aromatic heterocycles. The second kappa shape index (κ2) is 8.57. The second-order valence-electron chi connectivity index (χ2n) is 7.27. The van der Waals surface area contributed by atoms with Gasteiger partial charge in [0.1, 0.15) is 0 Å². The molecule has 4 nitrogen and oxygen atoms in total. The number of esters is 1. The summed E-state index contributed by atoms with van der Waals surface area (Å²) in [6, 6.07) is 13.1. The molecule has 2 aromatic carbocycles. The van der Waals surface area contributed by atoms with Gasteiger partial charge in [-0.2, -0.15) is 0 Å². The van der Waals surface area contributed by atoms with E-state index in [1.165, 1.54) is 11.1 Å². The van der Waals surface area contributed by atoms with E-state index >= 15 is 0 Å². The Hall–Kier alpha value is -2.33. The number of hydrogen-bond donors (Lipinski definition) is 1. The Morgan fingerprint density at radius 3 is 2.48 bits per heavy atom. The van der Waals surface area contributed by atoms with Gasteiger partial charge in [-0.05, 0) is 66.1 Å².